The van der Waals surface area contributed by atoms with Gasteiger partial charge in [0.25, 0.3) is 0 Å². The Morgan fingerprint density at radius 3 is 1.30 bits per heavy atom. The maximum absolute atomic E-state index is 13.0. The SMILES string of the molecule is CCCCCCCCCCCCCC/C=C/[C@@H](O)[C@H](CO[C@@H]1O[C@H](CO)[C@H](O)C(O)C1O)NC(=O)CCCCCCCCCCCCCCCCCCCCCCCCC. The molecule has 0 spiro atoms. The number of carbonyl (C=O) groups is 1. The number of aliphatic hydroxyl groups excluding tert-OH is 5. The minimum absolute atomic E-state index is 0.172. The van der Waals surface area contributed by atoms with E-state index in [9.17, 15) is 30.3 Å². The molecule has 60 heavy (non-hydrogen) atoms. The van der Waals surface area contributed by atoms with Crippen molar-refractivity contribution in [1.82, 2.24) is 5.32 Å². The van der Waals surface area contributed by atoms with Crippen LogP contribution in [-0.2, 0) is 14.3 Å². The summed E-state index contributed by atoms with van der Waals surface area (Å²) in [4.78, 5) is 13.0. The van der Waals surface area contributed by atoms with Gasteiger partial charge in [-0.25, -0.2) is 0 Å². The average Bonchev–Trinajstić information content (AvgIpc) is 3.25. The van der Waals surface area contributed by atoms with Crippen LogP contribution in [0.4, 0.5) is 0 Å². The van der Waals surface area contributed by atoms with E-state index < -0.39 is 49.5 Å². The maximum atomic E-state index is 13.0. The molecule has 7 atom stereocenters. The van der Waals surface area contributed by atoms with E-state index >= 15 is 0 Å². The molecule has 1 amide bonds. The van der Waals surface area contributed by atoms with Crippen LogP contribution in [0, 0.1) is 0 Å². The molecule has 9 heteroatoms. The van der Waals surface area contributed by atoms with Gasteiger partial charge >= 0.3 is 0 Å². The zero-order valence-corrected chi connectivity index (χ0v) is 39.2. The number of unbranched alkanes of at least 4 members (excludes halogenated alkanes) is 34. The molecule has 0 radical (unpaired) electrons. The third-order valence-electron chi connectivity index (χ3n) is 12.6. The Balaban J connectivity index is 2.24. The second-order valence-corrected chi connectivity index (χ2v) is 18.3. The van der Waals surface area contributed by atoms with Crippen LogP contribution in [0.15, 0.2) is 12.2 Å². The maximum Gasteiger partial charge on any atom is 0.220 e. The summed E-state index contributed by atoms with van der Waals surface area (Å²) < 4.78 is 11.2. The third kappa shape index (κ3) is 31.7. The van der Waals surface area contributed by atoms with Crippen molar-refractivity contribution in [2.75, 3.05) is 13.2 Å². The summed E-state index contributed by atoms with van der Waals surface area (Å²) in [5.74, 6) is -0.172. The molecule has 1 aliphatic heterocycles. The van der Waals surface area contributed by atoms with Crippen molar-refractivity contribution in [3.63, 3.8) is 0 Å². The van der Waals surface area contributed by atoms with E-state index in [0.717, 1.165) is 38.5 Å². The van der Waals surface area contributed by atoms with Gasteiger partial charge in [-0.05, 0) is 19.3 Å². The lowest BCUT2D eigenvalue weighted by molar-refractivity contribution is -0.302. The largest absolute Gasteiger partial charge is 0.394 e. The average molecular weight is 854 g/mol. The molecule has 1 rings (SSSR count). The smallest absolute Gasteiger partial charge is 0.220 e. The molecule has 9 nitrogen and oxygen atoms in total. The van der Waals surface area contributed by atoms with E-state index in [1.165, 1.54) is 193 Å². The highest BCUT2D eigenvalue weighted by Gasteiger charge is 2.44. The fourth-order valence-corrected chi connectivity index (χ4v) is 8.45. The molecular formula is C51H99NO8. The van der Waals surface area contributed by atoms with Crippen molar-refractivity contribution in [2.45, 2.75) is 294 Å². The highest BCUT2D eigenvalue weighted by Crippen LogP contribution is 2.23. The van der Waals surface area contributed by atoms with E-state index in [2.05, 4.69) is 19.2 Å². The lowest BCUT2D eigenvalue weighted by Crippen LogP contribution is -2.60. The Bertz CT molecular complexity index is 950. The highest BCUT2D eigenvalue weighted by molar-refractivity contribution is 5.76. The number of hydrogen-bond donors (Lipinski definition) is 6. The van der Waals surface area contributed by atoms with Gasteiger partial charge in [0, 0.05) is 6.42 Å². The second kappa shape index (κ2) is 41.9. The van der Waals surface area contributed by atoms with Crippen molar-refractivity contribution in [1.29, 1.82) is 0 Å². The van der Waals surface area contributed by atoms with E-state index in [1.54, 1.807) is 6.08 Å². The van der Waals surface area contributed by atoms with E-state index in [1.807, 2.05) is 6.08 Å². The number of hydrogen-bond acceptors (Lipinski definition) is 8. The minimum atomic E-state index is -1.56. The van der Waals surface area contributed by atoms with E-state index in [4.69, 9.17) is 9.47 Å². The molecule has 1 heterocycles. The Morgan fingerprint density at radius 2 is 0.917 bits per heavy atom. The van der Waals surface area contributed by atoms with Gasteiger partial charge in [-0.15, -0.1) is 0 Å². The Labute approximate surface area is 369 Å². The van der Waals surface area contributed by atoms with Crippen LogP contribution in [0.5, 0.6) is 0 Å². The topological polar surface area (TPSA) is 149 Å². The van der Waals surface area contributed by atoms with Gasteiger partial charge in [0.2, 0.25) is 5.91 Å². The van der Waals surface area contributed by atoms with Crippen molar-refractivity contribution >= 4 is 5.91 Å². The molecule has 1 aliphatic rings. The van der Waals surface area contributed by atoms with Crippen molar-refractivity contribution in [2.24, 2.45) is 0 Å². The lowest BCUT2D eigenvalue weighted by Gasteiger charge is -2.40. The monoisotopic (exact) mass is 854 g/mol. The molecule has 0 bridgehead atoms. The fraction of sp³-hybridized carbons (Fsp3) is 0.941. The molecule has 0 aromatic carbocycles. The predicted molar refractivity (Wildman–Crippen MR) is 249 cm³/mol. The Morgan fingerprint density at radius 1 is 0.550 bits per heavy atom. The van der Waals surface area contributed by atoms with Crippen LogP contribution < -0.4 is 5.32 Å². The van der Waals surface area contributed by atoms with Crippen LogP contribution in [0.2, 0.25) is 0 Å². The molecule has 0 aromatic rings. The van der Waals surface area contributed by atoms with Crippen LogP contribution in [0.1, 0.15) is 251 Å². The summed E-state index contributed by atoms with van der Waals surface area (Å²) in [6.45, 7) is 3.80. The number of ether oxygens (including phenoxy) is 2. The molecule has 0 aromatic heterocycles. The van der Waals surface area contributed by atoms with Crippen LogP contribution in [-0.4, -0.2) is 87.5 Å². The predicted octanol–water partition coefficient (Wildman–Crippen LogP) is 11.7. The number of carbonyl (C=O) groups excluding carboxylic acids is 1. The van der Waals surface area contributed by atoms with Crippen molar-refractivity contribution in [3.05, 3.63) is 12.2 Å². The zero-order valence-electron chi connectivity index (χ0n) is 39.2. The van der Waals surface area contributed by atoms with Gasteiger partial charge in [-0.3, -0.25) is 4.79 Å². The van der Waals surface area contributed by atoms with Gasteiger partial charge in [-0.2, -0.15) is 0 Å². The van der Waals surface area contributed by atoms with Gasteiger partial charge in [-0.1, -0.05) is 238 Å². The van der Waals surface area contributed by atoms with Gasteiger partial charge in [0.1, 0.15) is 24.4 Å². The summed E-state index contributed by atoms with van der Waals surface area (Å²) in [7, 11) is 0. The molecule has 6 N–H and O–H groups in total. The Hall–Kier alpha value is -1.07. The fourth-order valence-electron chi connectivity index (χ4n) is 8.45. The number of amides is 1. The molecule has 356 valence electrons. The normalized spacial score (nSPS) is 20.6. The summed E-state index contributed by atoms with van der Waals surface area (Å²) in [5, 5.41) is 54.3. The number of nitrogens with one attached hydrogen (secondary N) is 1. The Kier molecular flexibility index (Phi) is 39.8. The first-order chi connectivity index (χ1) is 29.3. The van der Waals surface area contributed by atoms with Crippen LogP contribution in [0.3, 0.4) is 0 Å². The van der Waals surface area contributed by atoms with Gasteiger partial charge < -0.3 is 40.3 Å². The first kappa shape index (κ1) is 56.9. The van der Waals surface area contributed by atoms with Gasteiger partial charge in [0.05, 0.1) is 25.4 Å². The number of aliphatic hydroxyl groups is 5. The third-order valence-corrected chi connectivity index (χ3v) is 12.6. The summed E-state index contributed by atoms with van der Waals surface area (Å²) in [6, 6.07) is -0.798. The summed E-state index contributed by atoms with van der Waals surface area (Å²) in [6.07, 6.45) is 42.6. The first-order valence-electron chi connectivity index (χ1n) is 25.9. The number of allylic oxidation sites excluding steroid dienone is 1. The molecule has 1 saturated heterocycles. The zero-order chi connectivity index (χ0) is 43.7. The van der Waals surface area contributed by atoms with Crippen LogP contribution >= 0.6 is 0 Å². The van der Waals surface area contributed by atoms with Crippen molar-refractivity contribution in [3.8, 4) is 0 Å². The second-order valence-electron chi connectivity index (χ2n) is 18.3. The number of rotatable bonds is 44. The van der Waals surface area contributed by atoms with Gasteiger partial charge in [0.15, 0.2) is 6.29 Å². The molecule has 0 aliphatic carbocycles. The molecule has 1 fully saturated rings. The standard InChI is InChI=1S/C51H99NO8/c1-3-5-7-9-11-13-15-17-19-20-21-22-23-24-25-26-27-29-31-33-35-37-39-41-47(55)52-44(43-59-51-50(58)49(57)48(56)46(42-53)60-51)45(54)40-38-36-34-32-30-28-18-16-14-12-10-8-6-4-2/h38,40,44-46,48-51,53-54,56-58H,3-37,39,41-43H2,1-2H3,(H,52,55)/b40-38+/t44-,45+,46+,48-,49?,50?,51+/m0/s1. The minimum Gasteiger partial charge on any atom is -0.394 e. The summed E-state index contributed by atoms with van der Waals surface area (Å²) in [5.41, 5.74) is 0. The highest BCUT2D eigenvalue weighted by atomic mass is 16.7. The van der Waals surface area contributed by atoms with Crippen molar-refractivity contribution < 1.29 is 39.8 Å². The van der Waals surface area contributed by atoms with E-state index in [-0.39, 0.29) is 12.5 Å². The lowest BCUT2D eigenvalue weighted by atomic mass is 9.99. The van der Waals surface area contributed by atoms with Crippen LogP contribution in [0.25, 0.3) is 0 Å². The molecular weight excluding hydrogens is 755 g/mol. The quantitative estimate of drug-likeness (QED) is 0.0262. The molecule has 0 saturated carbocycles. The summed E-state index contributed by atoms with van der Waals surface area (Å²) >= 11 is 0. The van der Waals surface area contributed by atoms with E-state index in [0.29, 0.717) is 6.42 Å². The molecule has 2 unspecified atom stereocenters. The first-order valence-corrected chi connectivity index (χ1v) is 25.9.